The number of aliphatic carboxylic acids is 1. The second-order valence-corrected chi connectivity index (χ2v) is 5.56. The van der Waals surface area contributed by atoms with E-state index in [9.17, 15) is 9.90 Å². The van der Waals surface area contributed by atoms with Crippen LogP contribution < -0.4 is 0 Å². The van der Waals surface area contributed by atoms with Crippen molar-refractivity contribution in [1.82, 2.24) is 0 Å². The van der Waals surface area contributed by atoms with Crippen LogP contribution in [0.2, 0.25) is 0 Å². The van der Waals surface area contributed by atoms with Gasteiger partial charge in [-0.1, -0.05) is 36.4 Å². The van der Waals surface area contributed by atoms with Gasteiger partial charge in [0.25, 0.3) is 0 Å². The topological polar surface area (TPSA) is 46.5 Å². The van der Waals surface area contributed by atoms with E-state index in [1.807, 2.05) is 63.2 Å². The molecule has 0 heterocycles. The van der Waals surface area contributed by atoms with Crippen molar-refractivity contribution in [2.45, 2.75) is 32.5 Å². The summed E-state index contributed by atoms with van der Waals surface area (Å²) in [5, 5.41) is 11.4. The summed E-state index contributed by atoms with van der Waals surface area (Å²) in [5.41, 5.74) is 0.162. The minimum atomic E-state index is -0.967. The Balaban J connectivity index is 2.42. The highest BCUT2D eigenvalue weighted by atomic mass is 16.5. The number of fused-ring (bicyclic) bond motifs is 1. The van der Waals surface area contributed by atoms with Crippen LogP contribution >= 0.6 is 0 Å². The molecule has 0 amide bonds. The van der Waals surface area contributed by atoms with Gasteiger partial charge >= 0.3 is 5.97 Å². The number of benzene rings is 2. The summed E-state index contributed by atoms with van der Waals surface area (Å²) in [6.45, 7) is 5.55. The van der Waals surface area contributed by atoms with Crippen LogP contribution in [-0.4, -0.2) is 16.7 Å². The molecule has 3 nitrogen and oxygen atoms in total. The summed E-state index contributed by atoms with van der Waals surface area (Å²) in [6.07, 6.45) is -0.940. The highest BCUT2D eigenvalue weighted by molar-refractivity contribution is 5.85. The highest BCUT2D eigenvalue weighted by Crippen LogP contribution is 2.27. The van der Waals surface area contributed by atoms with Crippen LogP contribution in [0.15, 0.2) is 42.5 Å². The molecule has 1 atom stereocenters. The van der Waals surface area contributed by atoms with Gasteiger partial charge in [-0.3, -0.25) is 0 Å². The molecule has 0 aliphatic heterocycles. The summed E-state index contributed by atoms with van der Waals surface area (Å²) in [4.78, 5) is 11.4. The number of carbonyl (C=O) groups is 1. The Hall–Kier alpha value is -1.87. The monoisotopic (exact) mass is 258 g/mol. The van der Waals surface area contributed by atoms with Crippen LogP contribution in [0, 0.1) is 0 Å². The van der Waals surface area contributed by atoms with Crippen molar-refractivity contribution >= 4 is 16.7 Å². The molecule has 0 saturated heterocycles. The summed E-state index contributed by atoms with van der Waals surface area (Å²) < 4.78 is 5.63. The second kappa shape index (κ2) is 5.02. The Morgan fingerprint density at radius 3 is 2.32 bits per heavy atom. The molecule has 0 fully saturated rings. The van der Waals surface area contributed by atoms with E-state index in [1.165, 1.54) is 0 Å². The summed E-state index contributed by atoms with van der Waals surface area (Å²) >= 11 is 0. The summed E-state index contributed by atoms with van der Waals surface area (Å²) in [6, 6.07) is 13.5. The number of ether oxygens (including phenoxy) is 1. The quantitative estimate of drug-likeness (QED) is 0.911. The normalized spacial score (nSPS) is 13.4. The van der Waals surface area contributed by atoms with E-state index >= 15 is 0 Å². The van der Waals surface area contributed by atoms with Crippen molar-refractivity contribution in [2.75, 3.05) is 0 Å². The minimum absolute atomic E-state index is 0.505. The van der Waals surface area contributed by atoms with Gasteiger partial charge < -0.3 is 9.84 Å². The summed E-state index contributed by atoms with van der Waals surface area (Å²) in [5.74, 6) is -0.967. The van der Waals surface area contributed by atoms with Crippen molar-refractivity contribution < 1.29 is 14.6 Å². The van der Waals surface area contributed by atoms with Gasteiger partial charge in [0.15, 0.2) is 6.10 Å². The number of hydrogen-bond donors (Lipinski definition) is 1. The Bertz CT molecular complexity index is 596. The SMILES string of the molecule is CC(C)(C)O[C@@H](C(=O)O)c1ccc2ccccc2c1. The average Bonchev–Trinajstić information content (AvgIpc) is 2.34. The van der Waals surface area contributed by atoms with E-state index in [0.29, 0.717) is 5.56 Å². The van der Waals surface area contributed by atoms with Crippen molar-refractivity contribution in [2.24, 2.45) is 0 Å². The Morgan fingerprint density at radius 1 is 1.11 bits per heavy atom. The van der Waals surface area contributed by atoms with Crippen LogP contribution in [0.3, 0.4) is 0 Å². The van der Waals surface area contributed by atoms with E-state index in [4.69, 9.17) is 4.74 Å². The molecule has 0 aliphatic rings. The molecule has 3 heteroatoms. The van der Waals surface area contributed by atoms with Crippen LogP contribution in [-0.2, 0) is 9.53 Å². The maximum atomic E-state index is 11.4. The molecule has 2 aromatic carbocycles. The van der Waals surface area contributed by atoms with Crippen LogP contribution in [0.5, 0.6) is 0 Å². The first-order chi connectivity index (χ1) is 8.87. The van der Waals surface area contributed by atoms with Gasteiger partial charge in [0, 0.05) is 0 Å². The third-order valence-corrected chi connectivity index (χ3v) is 2.77. The molecule has 2 aromatic rings. The van der Waals surface area contributed by atoms with E-state index in [1.54, 1.807) is 0 Å². The van der Waals surface area contributed by atoms with Crippen molar-refractivity contribution in [3.63, 3.8) is 0 Å². The predicted octanol–water partition coefficient (Wildman–Crippen LogP) is 3.78. The van der Waals surface area contributed by atoms with Crippen LogP contribution in [0.1, 0.15) is 32.4 Å². The van der Waals surface area contributed by atoms with Gasteiger partial charge in [-0.05, 0) is 43.2 Å². The zero-order valence-corrected chi connectivity index (χ0v) is 11.4. The van der Waals surface area contributed by atoms with E-state index in [2.05, 4.69) is 0 Å². The van der Waals surface area contributed by atoms with Crippen LogP contribution in [0.4, 0.5) is 0 Å². The molecule has 19 heavy (non-hydrogen) atoms. The standard InChI is InChI=1S/C16H18O3/c1-16(2,3)19-14(15(17)18)13-9-8-11-6-4-5-7-12(11)10-13/h4-10,14H,1-3H3,(H,17,18)/t14-/m1/s1. The lowest BCUT2D eigenvalue weighted by Crippen LogP contribution is -2.27. The molecule has 2 rings (SSSR count). The zero-order chi connectivity index (χ0) is 14.0. The highest BCUT2D eigenvalue weighted by Gasteiger charge is 2.26. The van der Waals surface area contributed by atoms with Gasteiger partial charge in [-0.2, -0.15) is 0 Å². The third kappa shape index (κ3) is 3.32. The molecule has 0 bridgehead atoms. The first-order valence-electron chi connectivity index (χ1n) is 6.26. The molecule has 0 saturated carbocycles. The van der Waals surface area contributed by atoms with Gasteiger partial charge in [0.05, 0.1) is 5.60 Å². The van der Waals surface area contributed by atoms with E-state index < -0.39 is 17.7 Å². The fourth-order valence-corrected chi connectivity index (χ4v) is 1.99. The first-order valence-corrected chi connectivity index (χ1v) is 6.26. The smallest absolute Gasteiger partial charge is 0.337 e. The number of hydrogen-bond acceptors (Lipinski definition) is 2. The lowest BCUT2D eigenvalue weighted by molar-refractivity contribution is -0.160. The van der Waals surface area contributed by atoms with Crippen molar-refractivity contribution in [1.29, 1.82) is 0 Å². The molecule has 0 aliphatic carbocycles. The Morgan fingerprint density at radius 2 is 1.74 bits per heavy atom. The molecule has 1 N–H and O–H groups in total. The first kappa shape index (κ1) is 13.6. The van der Waals surface area contributed by atoms with Crippen molar-refractivity contribution in [3.05, 3.63) is 48.0 Å². The third-order valence-electron chi connectivity index (χ3n) is 2.77. The fraction of sp³-hybridized carbons (Fsp3) is 0.312. The van der Waals surface area contributed by atoms with Crippen molar-refractivity contribution in [3.8, 4) is 0 Å². The lowest BCUT2D eigenvalue weighted by Gasteiger charge is -2.25. The summed E-state index contributed by atoms with van der Waals surface area (Å²) in [7, 11) is 0. The Kier molecular flexibility index (Phi) is 3.58. The molecule has 0 radical (unpaired) electrons. The predicted molar refractivity (Wildman–Crippen MR) is 75.2 cm³/mol. The Labute approximate surface area is 112 Å². The number of carboxylic acids is 1. The van der Waals surface area contributed by atoms with Gasteiger partial charge in [0.1, 0.15) is 0 Å². The molecule has 0 aromatic heterocycles. The van der Waals surface area contributed by atoms with Gasteiger partial charge in [-0.15, -0.1) is 0 Å². The zero-order valence-electron chi connectivity index (χ0n) is 11.4. The fourth-order valence-electron chi connectivity index (χ4n) is 1.99. The largest absolute Gasteiger partial charge is 0.479 e. The number of carboxylic acid groups (broad SMARTS) is 1. The molecule has 100 valence electrons. The minimum Gasteiger partial charge on any atom is -0.479 e. The molecular weight excluding hydrogens is 240 g/mol. The van der Waals surface area contributed by atoms with E-state index in [-0.39, 0.29) is 0 Å². The van der Waals surface area contributed by atoms with Gasteiger partial charge in [-0.25, -0.2) is 4.79 Å². The maximum absolute atomic E-state index is 11.4. The molecule has 0 unspecified atom stereocenters. The molecule has 0 spiro atoms. The lowest BCUT2D eigenvalue weighted by atomic mass is 10.0. The average molecular weight is 258 g/mol. The van der Waals surface area contributed by atoms with E-state index in [0.717, 1.165) is 10.8 Å². The second-order valence-electron chi connectivity index (χ2n) is 5.56. The maximum Gasteiger partial charge on any atom is 0.337 e. The number of rotatable bonds is 3. The molecular formula is C16H18O3. The van der Waals surface area contributed by atoms with Gasteiger partial charge in [0.2, 0.25) is 0 Å². The van der Waals surface area contributed by atoms with Crippen LogP contribution in [0.25, 0.3) is 10.8 Å².